The van der Waals surface area contributed by atoms with Crippen molar-refractivity contribution in [3.8, 4) is 12.3 Å². The van der Waals surface area contributed by atoms with Crippen LogP contribution in [0, 0.1) is 19.3 Å². The monoisotopic (exact) mass is 216 g/mol. The van der Waals surface area contributed by atoms with Gasteiger partial charge in [-0.3, -0.25) is 0 Å². The maximum Gasteiger partial charge on any atom is 0.140 e. The van der Waals surface area contributed by atoms with Crippen LogP contribution < -0.4 is 0 Å². The molecule has 1 aromatic rings. The van der Waals surface area contributed by atoms with Crippen LogP contribution in [0.5, 0.6) is 0 Å². The lowest BCUT2D eigenvalue weighted by Crippen LogP contribution is -2.48. The van der Waals surface area contributed by atoms with Gasteiger partial charge in [-0.05, 0) is 25.3 Å². The fourth-order valence-electron chi connectivity index (χ4n) is 1.70. The van der Waals surface area contributed by atoms with Crippen molar-refractivity contribution in [1.82, 2.24) is 0 Å². The largest absolute Gasteiger partial charge is 0.316 e. The molecule has 0 unspecified atom stereocenters. The summed E-state index contributed by atoms with van der Waals surface area (Å²) in [7, 11) is 4.39. The van der Waals surface area contributed by atoms with E-state index in [0.717, 1.165) is 17.4 Å². The Bertz CT molecular complexity index is 367. The van der Waals surface area contributed by atoms with Gasteiger partial charge in [0.25, 0.3) is 0 Å². The fraction of sp³-hybridized carbons (Fsp3) is 0.467. The molecular weight excluding hydrogens is 194 g/mol. The van der Waals surface area contributed by atoms with E-state index in [0.29, 0.717) is 6.04 Å². The molecule has 1 rings (SSSR count). The van der Waals surface area contributed by atoms with E-state index in [1.54, 1.807) is 0 Å². The van der Waals surface area contributed by atoms with Crippen LogP contribution in [-0.4, -0.2) is 31.2 Å². The molecule has 0 aliphatic heterocycles. The molecule has 1 nitrogen and oxygen atoms in total. The van der Waals surface area contributed by atoms with Gasteiger partial charge in [-0.15, -0.1) is 6.42 Å². The molecule has 86 valence electrons. The summed E-state index contributed by atoms with van der Waals surface area (Å²) in [4.78, 5) is 0. The van der Waals surface area contributed by atoms with Gasteiger partial charge in [-0.25, -0.2) is 0 Å². The minimum absolute atomic E-state index is 0.541. The van der Waals surface area contributed by atoms with E-state index in [1.165, 1.54) is 11.1 Å². The SMILES string of the molecule is C#CC[N+](C)(C)[C@H](C)Cc1ccc(C)cc1. The zero-order valence-electron chi connectivity index (χ0n) is 10.8. The van der Waals surface area contributed by atoms with E-state index >= 15 is 0 Å². The Hall–Kier alpha value is -1.26. The van der Waals surface area contributed by atoms with Gasteiger partial charge < -0.3 is 4.48 Å². The average molecular weight is 216 g/mol. The Morgan fingerprint density at radius 1 is 1.25 bits per heavy atom. The third-order valence-electron chi connectivity index (χ3n) is 3.34. The molecular formula is C15H22N+. The van der Waals surface area contributed by atoms with Crippen molar-refractivity contribution >= 4 is 0 Å². The standard InChI is InChI=1S/C15H22N/c1-6-11-16(4,5)14(3)12-15-9-7-13(2)8-10-15/h1,7-10,14H,11-12H2,2-5H3/q+1/t14-/m1/s1. The molecule has 0 aromatic heterocycles. The first-order valence-electron chi connectivity index (χ1n) is 5.77. The molecule has 1 heteroatoms. The van der Waals surface area contributed by atoms with Crippen LogP contribution in [0.1, 0.15) is 18.1 Å². The molecule has 0 amide bonds. The lowest BCUT2D eigenvalue weighted by molar-refractivity contribution is -0.906. The van der Waals surface area contributed by atoms with Gasteiger partial charge in [-0.1, -0.05) is 29.8 Å². The third-order valence-corrected chi connectivity index (χ3v) is 3.34. The molecule has 0 saturated heterocycles. The number of quaternary nitrogens is 1. The third kappa shape index (κ3) is 3.40. The van der Waals surface area contributed by atoms with Crippen LogP contribution in [0.3, 0.4) is 0 Å². The van der Waals surface area contributed by atoms with E-state index in [9.17, 15) is 0 Å². The Kier molecular flexibility index (Phi) is 4.15. The van der Waals surface area contributed by atoms with E-state index in [2.05, 4.69) is 58.1 Å². The molecule has 0 spiro atoms. The molecule has 16 heavy (non-hydrogen) atoms. The minimum Gasteiger partial charge on any atom is -0.316 e. The second-order valence-electron chi connectivity index (χ2n) is 5.18. The number of nitrogens with zero attached hydrogens (tertiary/aromatic N) is 1. The predicted molar refractivity (Wildman–Crippen MR) is 70.2 cm³/mol. The van der Waals surface area contributed by atoms with Gasteiger partial charge in [0, 0.05) is 6.42 Å². The Balaban J connectivity index is 2.67. The number of likely N-dealkylation sites (N-methyl/N-ethyl adjacent to an activating group) is 1. The molecule has 0 aliphatic rings. The second-order valence-corrected chi connectivity index (χ2v) is 5.18. The summed E-state index contributed by atoms with van der Waals surface area (Å²) in [6, 6.07) is 9.30. The summed E-state index contributed by atoms with van der Waals surface area (Å²) < 4.78 is 0.879. The Morgan fingerprint density at radius 2 is 1.81 bits per heavy atom. The van der Waals surface area contributed by atoms with Crippen LogP contribution in [-0.2, 0) is 6.42 Å². The topological polar surface area (TPSA) is 0 Å². The summed E-state index contributed by atoms with van der Waals surface area (Å²) in [5, 5.41) is 0. The molecule has 0 bridgehead atoms. The maximum atomic E-state index is 5.40. The highest BCUT2D eigenvalue weighted by atomic mass is 15.3. The average Bonchev–Trinajstić information content (AvgIpc) is 2.21. The highest BCUT2D eigenvalue weighted by Crippen LogP contribution is 2.13. The number of aryl methyl sites for hydroxylation is 1. The normalized spacial score (nSPS) is 13.2. The van der Waals surface area contributed by atoms with E-state index in [1.807, 2.05) is 0 Å². The lowest BCUT2D eigenvalue weighted by atomic mass is 10.0. The molecule has 1 aromatic carbocycles. The first-order valence-corrected chi connectivity index (χ1v) is 5.77. The Labute approximate surface area is 99.7 Å². The summed E-state index contributed by atoms with van der Waals surface area (Å²) in [5.74, 6) is 2.76. The van der Waals surface area contributed by atoms with E-state index in [-0.39, 0.29) is 0 Å². The van der Waals surface area contributed by atoms with Crippen LogP contribution in [0.2, 0.25) is 0 Å². The van der Waals surface area contributed by atoms with Crippen molar-refractivity contribution in [2.45, 2.75) is 26.3 Å². The molecule has 0 radical (unpaired) electrons. The van der Waals surface area contributed by atoms with Gasteiger partial charge in [0.05, 0.1) is 20.1 Å². The Morgan fingerprint density at radius 3 is 2.31 bits per heavy atom. The minimum atomic E-state index is 0.541. The second kappa shape index (κ2) is 5.18. The number of rotatable bonds is 4. The van der Waals surface area contributed by atoms with Gasteiger partial charge in [0.1, 0.15) is 6.54 Å². The van der Waals surface area contributed by atoms with Crippen molar-refractivity contribution in [3.63, 3.8) is 0 Å². The van der Waals surface area contributed by atoms with Crippen LogP contribution in [0.25, 0.3) is 0 Å². The molecule has 0 heterocycles. The fourth-order valence-corrected chi connectivity index (χ4v) is 1.70. The van der Waals surface area contributed by atoms with E-state index in [4.69, 9.17) is 6.42 Å². The molecule has 1 atom stereocenters. The van der Waals surface area contributed by atoms with Crippen molar-refractivity contribution in [2.24, 2.45) is 0 Å². The lowest BCUT2D eigenvalue weighted by Gasteiger charge is -2.34. The van der Waals surface area contributed by atoms with E-state index < -0.39 is 0 Å². The summed E-state index contributed by atoms with van der Waals surface area (Å²) in [6.45, 7) is 5.16. The maximum absolute atomic E-state index is 5.40. The summed E-state index contributed by atoms with van der Waals surface area (Å²) in [6.07, 6.45) is 6.48. The number of terminal acetylenes is 1. The first-order chi connectivity index (χ1) is 7.45. The van der Waals surface area contributed by atoms with Gasteiger partial charge >= 0.3 is 0 Å². The van der Waals surface area contributed by atoms with Crippen LogP contribution >= 0.6 is 0 Å². The van der Waals surface area contributed by atoms with Gasteiger partial charge in [0.15, 0.2) is 0 Å². The van der Waals surface area contributed by atoms with Crippen molar-refractivity contribution in [3.05, 3.63) is 35.4 Å². The highest BCUT2D eigenvalue weighted by molar-refractivity contribution is 5.21. The molecule has 0 fully saturated rings. The first kappa shape index (κ1) is 12.8. The summed E-state index contributed by atoms with van der Waals surface area (Å²) >= 11 is 0. The number of hydrogen-bond donors (Lipinski definition) is 0. The van der Waals surface area contributed by atoms with Gasteiger partial charge in [0.2, 0.25) is 0 Å². The molecule has 0 saturated carbocycles. The predicted octanol–water partition coefficient (Wildman–Crippen LogP) is 2.64. The smallest absolute Gasteiger partial charge is 0.140 e. The quantitative estimate of drug-likeness (QED) is 0.536. The molecule has 0 N–H and O–H groups in total. The zero-order valence-corrected chi connectivity index (χ0v) is 10.8. The van der Waals surface area contributed by atoms with Crippen molar-refractivity contribution < 1.29 is 4.48 Å². The van der Waals surface area contributed by atoms with Crippen LogP contribution in [0.15, 0.2) is 24.3 Å². The highest BCUT2D eigenvalue weighted by Gasteiger charge is 2.22. The summed E-state index contributed by atoms with van der Waals surface area (Å²) in [5.41, 5.74) is 2.70. The number of hydrogen-bond acceptors (Lipinski definition) is 0. The van der Waals surface area contributed by atoms with Crippen LogP contribution in [0.4, 0.5) is 0 Å². The van der Waals surface area contributed by atoms with Crippen molar-refractivity contribution in [2.75, 3.05) is 20.6 Å². The molecule has 0 aliphatic carbocycles. The zero-order chi connectivity index (χ0) is 12.2. The van der Waals surface area contributed by atoms with Crippen molar-refractivity contribution in [1.29, 1.82) is 0 Å². The van der Waals surface area contributed by atoms with Gasteiger partial charge in [-0.2, -0.15) is 0 Å². The number of benzene rings is 1.